The SMILES string of the molecule is CCCC/C=C1/c2[nH]c3ccccc3c2CCN1S(=O)(=O)c1ccc(C)cc1. The molecular formula is C23H26N2O2S. The summed E-state index contributed by atoms with van der Waals surface area (Å²) in [5, 5.41) is 1.19. The molecule has 0 amide bonds. The number of para-hydroxylation sites is 1. The van der Waals surface area contributed by atoms with Crippen LogP contribution in [-0.4, -0.2) is 24.3 Å². The number of hydrogen-bond acceptors (Lipinski definition) is 2. The van der Waals surface area contributed by atoms with Crippen LogP contribution in [0.5, 0.6) is 0 Å². The number of benzene rings is 2. The number of nitrogens with one attached hydrogen (secondary N) is 1. The smallest absolute Gasteiger partial charge is 0.264 e. The Kier molecular flexibility index (Phi) is 5.02. The highest BCUT2D eigenvalue weighted by atomic mass is 32.2. The normalized spacial score (nSPS) is 15.9. The van der Waals surface area contributed by atoms with E-state index in [1.165, 1.54) is 10.9 Å². The molecule has 0 saturated heterocycles. The van der Waals surface area contributed by atoms with E-state index in [0.717, 1.165) is 41.7 Å². The first-order chi connectivity index (χ1) is 13.5. The number of aromatic nitrogens is 1. The van der Waals surface area contributed by atoms with E-state index in [1.54, 1.807) is 16.4 Å². The number of unbranched alkanes of at least 4 members (excludes halogenated alkanes) is 2. The quantitative estimate of drug-likeness (QED) is 0.601. The number of rotatable bonds is 5. The fourth-order valence-corrected chi connectivity index (χ4v) is 5.36. The predicted molar refractivity (Wildman–Crippen MR) is 115 cm³/mol. The largest absolute Gasteiger partial charge is 0.353 e. The third-order valence-corrected chi connectivity index (χ3v) is 7.24. The average molecular weight is 395 g/mol. The number of sulfonamides is 1. The maximum Gasteiger partial charge on any atom is 0.264 e. The van der Waals surface area contributed by atoms with Gasteiger partial charge in [-0.25, -0.2) is 8.42 Å². The van der Waals surface area contributed by atoms with Gasteiger partial charge >= 0.3 is 0 Å². The number of aryl methyl sites for hydroxylation is 1. The van der Waals surface area contributed by atoms with E-state index >= 15 is 0 Å². The minimum Gasteiger partial charge on any atom is -0.353 e. The van der Waals surface area contributed by atoms with Crippen molar-refractivity contribution < 1.29 is 8.42 Å². The van der Waals surface area contributed by atoms with Gasteiger partial charge in [-0.2, -0.15) is 0 Å². The Balaban J connectivity index is 1.83. The third kappa shape index (κ3) is 3.24. The van der Waals surface area contributed by atoms with E-state index in [-0.39, 0.29) is 0 Å². The lowest BCUT2D eigenvalue weighted by Crippen LogP contribution is -2.35. The van der Waals surface area contributed by atoms with Gasteiger partial charge < -0.3 is 4.98 Å². The fraction of sp³-hybridized carbons (Fsp3) is 0.304. The molecule has 4 rings (SSSR count). The summed E-state index contributed by atoms with van der Waals surface area (Å²) >= 11 is 0. The Bertz CT molecular complexity index is 1130. The summed E-state index contributed by atoms with van der Waals surface area (Å²) in [5.41, 5.74) is 5.05. The Morgan fingerprint density at radius 1 is 1.11 bits per heavy atom. The van der Waals surface area contributed by atoms with Gasteiger partial charge in [0.1, 0.15) is 0 Å². The molecule has 0 atom stereocenters. The lowest BCUT2D eigenvalue weighted by atomic mass is 10.0. The third-order valence-electron chi connectivity index (χ3n) is 5.41. The molecule has 0 bridgehead atoms. The van der Waals surface area contributed by atoms with Crippen LogP contribution in [0.4, 0.5) is 0 Å². The molecule has 2 heterocycles. The van der Waals surface area contributed by atoms with Crippen molar-refractivity contribution in [3.63, 3.8) is 0 Å². The van der Waals surface area contributed by atoms with E-state index in [4.69, 9.17) is 0 Å². The summed E-state index contributed by atoms with van der Waals surface area (Å²) in [6.07, 6.45) is 5.77. The van der Waals surface area contributed by atoms with Gasteiger partial charge in [0, 0.05) is 17.4 Å². The molecule has 0 radical (unpaired) electrons. The molecule has 0 unspecified atom stereocenters. The molecule has 0 saturated carbocycles. The van der Waals surface area contributed by atoms with Crippen LogP contribution in [0, 0.1) is 6.92 Å². The highest BCUT2D eigenvalue weighted by Gasteiger charge is 2.33. The van der Waals surface area contributed by atoms with Crippen molar-refractivity contribution in [2.45, 2.75) is 44.4 Å². The number of hydrogen-bond donors (Lipinski definition) is 1. The monoisotopic (exact) mass is 394 g/mol. The van der Waals surface area contributed by atoms with Crippen molar-refractivity contribution in [3.05, 3.63) is 71.4 Å². The summed E-state index contributed by atoms with van der Waals surface area (Å²) in [5.74, 6) is 0. The van der Waals surface area contributed by atoms with Gasteiger partial charge in [0.15, 0.2) is 0 Å². The van der Waals surface area contributed by atoms with Crippen molar-refractivity contribution in [2.24, 2.45) is 0 Å². The maximum atomic E-state index is 13.4. The minimum atomic E-state index is -3.60. The second-order valence-electron chi connectivity index (χ2n) is 7.40. The zero-order chi connectivity index (χ0) is 19.7. The van der Waals surface area contributed by atoms with Crippen LogP contribution in [0.2, 0.25) is 0 Å². The standard InChI is InChI=1S/C23H26N2O2S/c1-3-4-5-10-22-23-20(19-8-6-7-9-21(19)24-23)15-16-25(22)28(26,27)18-13-11-17(2)12-14-18/h6-14,24H,3-5,15-16H2,1-2H3/b22-10-. The van der Waals surface area contributed by atoms with Gasteiger partial charge in [-0.1, -0.05) is 55.3 Å². The maximum absolute atomic E-state index is 13.4. The Hall–Kier alpha value is -2.53. The van der Waals surface area contributed by atoms with Crippen LogP contribution in [0.3, 0.4) is 0 Å². The molecule has 0 fully saturated rings. The molecule has 1 aromatic heterocycles. The Labute approximate surface area is 166 Å². The van der Waals surface area contributed by atoms with Crippen molar-refractivity contribution in [1.82, 2.24) is 9.29 Å². The molecule has 5 heteroatoms. The summed E-state index contributed by atoms with van der Waals surface area (Å²) in [6, 6.07) is 15.3. The number of H-pyrrole nitrogens is 1. The van der Waals surface area contributed by atoms with E-state index in [2.05, 4.69) is 30.1 Å². The second-order valence-corrected chi connectivity index (χ2v) is 9.26. The Morgan fingerprint density at radius 2 is 1.86 bits per heavy atom. The van der Waals surface area contributed by atoms with E-state index in [9.17, 15) is 8.42 Å². The molecule has 1 aliphatic rings. The first-order valence-corrected chi connectivity index (χ1v) is 11.4. The van der Waals surface area contributed by atoms with Gasteiger partial charge in [0.05, 0.1) is 16.3 Å². The lowest BCUT2D eigenvalue weighted by molar-refractivity contribution is 0.501. The molecule has 28 heavy (non-hydrogen) atoms. The van der Waals surface area contributed by atoms with Crippen molar-refractivity contribution in [2.75, 3.05) is 6.54 Å². The van der Waals surface area contributed by atoms with E-state index in [0.29, 0.717) is 17.9 Å². The van der Waals surface area contributed by atoms with Gasteiger partial charge in [-0.15, -0.1) is 0 Å². The number of fused-ring (bicyclic) bond motifs is 3. The first-order valence-electron chi connectivity index (χ1n) is 9.92. The van der Waals surface area contributed by atoms with Gasteiger partial charge in [0.2, 0.25) is 0 Å². The van der Waals surface area contributed by atoms with Crippen molar-refractivity contribution in [3.8, 4) is 0 Å². The van der Waals surface area contributed by atoms with Crippen LogP contribution < -0.4 is 0 Å². The first kappa shape index (κ1) is 18.8. The van der Waals surface area contributed by atoms with Crippen LogP contribution in [-0.2, 0) is 16.4 Å². The van der Waals surface area contributed by atoms with Crippen LogP contribution in [0.1, 0.15) is 43.0 Å². The van der Waals surface area contributed by atoms with Crippen LogP contribution in [0.25, 0.3) is 16.6 Å². The summed E-state index contributed by atoms with van der Waals surface area (Å²) < 4.78 is 28.5. The lowest BCUT2D eigenvalue weighted by Gasteiger charge is -2.31. The zero-order valence-electron chi connectivity index (χ0n) is 16.4. The number of nitrogens with zero attached hydrogens (tertiary/aromatic N) is 1. The molecule has 1 N–H and O–H groups in total. The topological polar surface area (TPSA) is 53.2 Å². The second kappa shape index (κ2) is 7.47. The number of aromatic amines is 1. The van der Waals surface area contributed by atoms with Gasteiger partial charge in [-0.3, -0.25) is 4.31 Å². The molecule has 1 aliphatic heterocycles. The van der Waals surface area contributed by atoms with Gasteiger partial charge in [0.25, 0.3) is 10.0 Å². The summed E-state index contributed by atoms with van der Waals surface area (Å²) in [4.78, 5) is 3.83. The fourth-order valence-electron chi connectivity index (χ4n) is 3.87. The Morgan fingerprint density at radius 3 is 2.61 bits per heavy atom. The highest BCUT2D eigenvalue weighted by molar-refractivity contribution is 7.89. The van der Waals surface area contributed by atoms with Crippen molar-refractivity contribution in [1.29, 1.82) is 0 Å². The highest BCUT2D eigenvalue weighted by Crippen LogP contribution is 2.37. The van der Waals surface area contributed by atoms with Gasteiger partial charge in [-0.05, 0) is 49.9 Å². The molecule has 3 aromatic rings. The van der Waals surface area contributed by atoms with E-state index < -0.39 is 10.0 Å². The average Bonchev–Trinajstić information content (AvgIpc) is 3.07. The molecule has 4 nitrogen and oxygen atoms in total. The molecule has 0 spiro atoms. The van der Waals surface area contributed by atoms with E-state index in [1.807, 2.05) is 31.2 Å². The van der Waals surface area contributed by atoms with Crippen molar-refractivity contribution >= 4 is 26.6 Å². The summed E-state index contributed by atoms with van der Waals surface area (Å²) in [6.45, 7) is 4.57. The summed E-state index contributed by atoms with van der Waals surface area (Å²) in [7, 11) is -3.60. The number of allylic oxidation sites excluding steroid dienone is 1. The van der Waals surface area contributed by atoms with Crippen LogP contribution >= 0.6 is 0 Å². The zero-order valence-corrected chi connectivity index (χ0v) is 17.2. The van der Waals surface area contributed by atoms with Crippen LogP contribution in [0.15, 0.2) is 59.5 Å². The molecular weight excluding hydrogens is 368 g/mol. The minimum absolute atomic E-state index is 0.346. The molecule has 2 aromatic carbocycles. The molecule has 146 valence electrons. The predicted octanol–water partition coefficient (Wildman–Crippen LogP) is 5.25. The molecule has 0 aliphatic carbocycles.